The molecule has 104 valence electrons. The maximum Gasteiger partial charge on any atom is 0.256 e. The van der Waals surface area contributed by atoms with Gasteiger partial charge in [0.2, 0.25) is 0 Å². The van der Waals surface area contributed by atoms with Gasteiger partial charge < -0.3 is 11.1 Å². The van der Waals surface area contributed by atoms with Gasteiger partial charge in [-0.15, -0.1) is 0 Å². The van der Waals surface area contributed by atoms with Crippen LogP contribution in [0, 0.1) is 13.8 Å². The normalized spacial score (nSPS) is 10.4. The van der Waals surface area contributed by atoms with E-state index in [1.807, 2.05) is 26.0 Å². The number of carbonyl (C=O) groups is 1. The van der Waals surface area contributed by atoms with Crippen LogP contribution in [0.1, 0.15) is 21.5 Å². The van der Waals surface area contributed by atoms with Crippen molar-refractivity contribution in [1.29, 1.82) is 0 Å². The molecule has 0 saturated carbocycles. The molecule has 0 radical (unpaired) electrons. The standard InChI is InChI=1S/C15H14BrClN2O/c1-8-4-3-5-12(17)14(8)19-15(20)11-6-10(16)7-13(18)9(11)2/h3-7H,18H2,1-2H3,(H,19,20). The Balaban J connectivity index is 2.39. The number of hydrogen-bond donors (Lipinski definition) is 2. The molecule has 0 aliphatic rings. The summed E-state index contributed by atoms with van der Waals surface area (Å²) in [6.45, 7) is 3.71. The van der Waals surface area contributed by atoms with Gasteiger partial charge in [-0.2, -0.15) is 0 Å². The lowest BCUT2D eigenvalue weighted by Crippen LogP contribution is -2.15. The molecule has 0 saturated heterocycles. The molecule has 0 unspecified atom stereocenters. The van der Waals surface area contributed by atoms with Crippen LogP contribution in [-0.4, -0.2) is 5.91 Å². The number of nitrogens with one attached hydrogen (secondary N) is 1. The van der Waals surface area contributed by atoms with Crippen LogP contribution in [0.4, 0.5) is 11.4 Å². The molecule has 0 aliphatic heterocycles. The number of halogens is 2. The SMILES string of the molecule is Cc1cccc(Cl)c1NC(=O)c1cc(Br)cc(N)c1C. The Labute approximate surface area is 131 Å². The molecule has 2 aromatic rings. The average molecular weight is 354 g/mol. The Morgan fingerprint density at radius 2 is 2.00 bits per heavy atom. The second kappa shape index (κ2) is 5.85. The zero-order chi connectivity index (χ0) is 14.9. The van der Waals surface area contributed by atoms with Crippen LogP contribution in [0.5, 0.6) is 0 Å². The van der Waals surface area contributed by atoms with Crippen LogP contribution in [0.3, 0.4) is 0 Å². The first kappa shape index (κ1) is 14.9. The molecule has 0 fully saturated rings. The third-order valence-electron chi connectivity index (χ3n) is 3.12. The number of nitrogen functional groups attached to an aromatic ring is 1. The number of anilines is 2. The van der Waals surface area contributed by atoms with E-state index in [1.54, 1.807) is 18.2 Å². The van der Waals surface area contributed by atoms with Crippen molar-refractivity contribution in [2.75, 3.05) is 11.1 Å². The third kappa shape index (κ3) is 2.97. The van der Waals surface area contributed by atoms with Crippen LogP contribution >= 0.6 is 27.5 Å². The fraction of sp³-hybridized carbons (Fsp3) is 0.133. The molecule has 0 spiro atoms. The predicted molar refractivity (Wildman–Crippen MR) is 87.4 cm³/mol. The minimum Gasteiger partial charge on any atom is -0.398 e. The molecule has 3 N–H and O–H groups in total. The van der Waals surface area contributed by atoms with Crippen molar-refractivity contribution < 1.29 is 4.79 Å². The molecule has 5 heteroatoms. The van der Waals surface area contributed by atoms with Gasteiger partial charge in [-0.3, -0.25) is 4.79 Å². The molecule has 20 heavy (non-hydrogen) atoms. The smallest absolute Gasteiger partial charge is 0.256 e. The minimum absolute atomic E-state index is 0.230. The zero-order valence-electron chi connectivity index (χ0n) is 11.1. The molecule has 1 amide bonds. The van der Waals surface area contributed by atoms with Crippen molar-refractivity contribution in [2.45, 2.75) is 13.8 Å². The van der Waals surface area contributed by atoms with E-state index in [0.717, 1.165) is 15.6 Å². The minimum atomic E-state index is -0.230. The highest BCUT2D eigenvalue weighted by Crippen LogP contribution is 2.28. The highest BCUT2D eigenvalue weighted by Gasteiger charge is 2.14. The lowest BCUT2D eigenvalue weighted by atomic mass is 10.1. The van der Waals surface area contributed by atoms with Gasteiger partial charge in [-0.05, 0) is 43.2 Å². The Morgan fingerprint density at radius 1 is 1.30 bits per heavy atom. The second-order valence-corrected chi connectivity index (χ2v) is 5.88. The topological polar surface area (TPSA) is 55.1 Å². The van der Waals surface area contributed by atoms with Gasteiger partial charge in [0.05, 0.1) is 10.7 Å². The first-order chi connectivity index (χ1) is 9.40. The van der Waals surface area contributed by atoms with Crippen molar-refractivity contribution in [1.82, 2.24) is 0 Å². The van der Waals surface area contributed by atoms with Crippen molar-refractivity contribution in [3.8, 4) is 0 Å². The third-order valence-corrected chi connectivity index (χ3v) is 3.89. The van der Waals surface area contributed by atoms with Crippen LogP contribution in [0.25, 0.3) is 0 Å². The summed E-state index contributed by atoms with van der Waals surface area (Å²) in [5, 5.41) is 3.36. The highest BCUT2D eigenvalue weighted by atomic mass is 79.9. The van der Waals surface area contributed by atoms with Gasteiger partial charge in [-0.1, -0.05) is 39.7 Å². The summed E-state index contributed by atoms with van der Waals surface area (Å²) >= 11 is 9.46. The monoisotopic (exact) mass is 352 g/mol. The number of benzene rings is 2. The van der Waals surface area contributed by atoms with E-state index in [0.29, 0.717) is 22.0 Å². The summed E-state index contributed by atoms with van der Waals surface area (Å²) in [6, 6.07) is 8.99. The molecule has 0 aromatic heterocycles. The molecular formula is C15H14BrClN2O. The Hall–Kier alpha value is -1.52. The summed E-state index contributed by atoms with van der Waals surface area (Å²) in [7, 11) is 0. The first-order valence-corrected chi connectivity index (χ1v) is 7.19. The number of carbonyl (C=O) groups excluding carboxylic acids is 1. The van der Waals surface area contributed by atoms with E-state index in [1.165, 1.54) is 0 Å². The number of nitrogens with two attached hydrogens (primary N) is 1. The van der Waals surface area contributed by atoms with Gasteiger partial charge >= 0.3 is 0 Å². The van der Waals surface area contributed by atoms with Gasteiger partial charge in [0, 0.05) is 15.7 Å². The Kier molecular flexibility index (Phi) is 4.35. The van der Waals surface area contributed by atoms with Crippen LogP contribution in [0.2, 0.25) is 5.02 Å². The quantitative estimate of drug-likeness (QED) is 0.778. The van der Waals surface area contributed by atoms with E-state index in [9.17, 15) is 4.79 Å². The number of amides is 1. The molecule has 2 aromatic carbocycles. The number of aryl methyl sites for hydroxylation is 1. The van der Waals surface area contributed by atoms with E-state index in [4.69, 9.17) is 17.3 Å². The van der Waals surface area contributed by atoms with Gasteiger partial charge in [0.25, 0.3) is 5.91 Å². The van der Waals surface area contributed by atoms with Crippen LogP contribution in [0.15, 0.2) is 34.8 Å². The van der Waals surface area contributed by atoms with Crippen molar-refractivity contribution in [3.05, 3.63) is 56.5 Å². The summed E-state index contributed by atoms with van der Waals surface area (Å²) < 4.78 is 0.765. The number of rotatable bonds is 2. The van der Waals surface area contributed by atoms with Crippen molar-refractivity contribution in [2.24, 2.45) is 0 Å². The molecule has 0 bridgehead atoms. The Bertz CT molecular complexity index is 666. The number of hydrogen-bond acceptors (Lipinski definition) is 2. The zero-order valence-corrected chi connectivity index (χ0v) is 13.5. The molecule has 0 aliphatic carbocycles. The lowest BCUT2D eigenvalue weighted by molar-refractivity contribution is 0.102. The molecule has 0 atom stereocenters. The lowest BCUT2D eigenvalue weighted by Gasteiger charge is -2.13. The summed E-state index contributed by atoms with van der Waals surface area (Å²) in [6.07, 6.45) is 0. The number of para-hydroxylation sites is 1. The predicted octanol–water partition coefficient (Wildman–Crippen LogP) is 4.55. The highest BCUT2D eigenvalue weighted by molar-refractivity contribution is 9.10. The molecule has 2 rings (SSSR count). The maximum atomic E-state index is 12.4. The van der Waals surface area contributed by atoms with E-state index < -0.39 is 0 Å². The summed E-state index contributed by atoms with van der Waals surface area (Å²) in [5.74, 6) is -0.230. The largest absolute Gasteiger partial charge is 0.398 e. The molecule has 3 nitrogen and oxygen atoms in total. The van der Waals surface area contributed by atoms with Crippen molar-refractivity contribution >= 4 is 44.8 Å². The van der Waals surface area contributed by atoms with E-state index >= 15 is 0 Å². The molecule has 0 heterocycles. The average Bonchev–Trinajstić information content (AvgIpc) is 2.38. The van der Waals surface area contributed by atoms with E-state index in [-0.39, 0.29) is 5.91 Å². The van der Waals surface area contributed by atoms with Gasteiger partial charge in [0.1, 0.15) is 0 Å². The van der Waals surface area contributed by atoms with Crippen LogP contribution < -0.4 is 11.1 Å². The fourth-order valence-electron chi connectivity index (χ4n) is 1.91. The molecular weight excluding hydrogens is 340 g/mol. The summed E-state index contributed by atoms with van der Waals surface area (Å²) in [5.41, 5.74) is 9.25. The Morgan fingerprint density at radius 3 is 2.65 bits per heavy atom. The van der Waals surface area contributed by atoms with Gasteiger partial charge in [-0.25, -0.2) is 0 Å². The summed E-state index contributed by atoms with van der Waals surface area (Å²) in [4.78, 5) is 12.4. The maximum absolute atomic E-state index is 12.4. The second-order valence-electron chi connectivity index (χ2n) is 4.55. The van der Waals surface area contributed by atoms with Crippen LogP contribution in [-0.2, 0) is 0 Å². The van der Waals surface area contributed by atoms with Crippen molar-refractivity contribution in [3.63, 3.8) is 0 Å². The fourth-order valence-corrected chi connectivity index (χ4v) is 2.65. The van der Waals surface area contributed by atoms with Gasteiger partial charge in [0.15, 0.2) is 0 Å². The first-order valence-electron chi connectivity index (χ1n) is 6.02. The van der Waals surface area contributed by atoms with E-state index in [2.05, 4.69) is 21.2 Å².